The molecular formula is C2H8N2Pd. The van der Waals surface area contributed by atoms with E-state index in [1.54, 1.807) is 6.92 Å². The first-order valence-electron chi connectivity index (χ1n) is 1.24. The van der Waals surface area contributed by atoms with Crippen LogP contribution in [0.15, 0.2) is 0 Å². The molecule has 0 rings (SSSR count). The molecule has 0 saturated heterocycles. The van der Waals surface area contributed by atoms with Gasteiger partial charge >= 0.3 is 0 Å². The van der Waals surface area contributed by atoms with Gasteiger partial charge in [0.2, 0.25) is 0 Å². The predicted octanol–water partition coefficient (Wildman–Crippen LogP) is -0.753. The molecule has 0 aromatic heterocycles. The Balaban J connectivity index is 0. The van der Waals surface area contributed by atoms with Gasteiger partial charge in [0.05, 0.1) is 0 Å². The molecule has 0 unspecified atom stereocenters. The average Bonchev–Trinajstić information content (AvgIpc) is 0.811. The van der Waals surface area contributed by atoms with Gasteiger partial charge in [-0.2, -0.15) is 0 Å². The van der Waals surface area contributed by atoms with Crippen LogP contribution >= 0.6 is 0 Å². The summed E-state index contributed by atoms with van der Waals surface area (Å²) in [5.41, 5.74) is 9.78. The van der Waals surface area contributed by atoms with E-state index in [9.17, 15) is 0 Å². The summed E-state index contributed by atoms with van der Waals surface area (Å²) in [5.74, 6) is 0. The van der Waals surface area contributed by atoms with Crippen molar-refractivity contribution < 1.29 is 20.4 Å². The zero-order valence-electron chi connectivity index (χ0n) is 3.05. The van der Waals surface area contributed by atoms with Gasteiger partial charge in [-0.3, -0.25) is 0 Å². The van der Waals surface area contributed by atoms with E-state index in [0.717, 1.165) is 0 Å². The monoisotopic (exact) mass is 166 g/mol. The standard InChI is InChI=1S/C2H8N2.Pd/c1-2(3)4;/h2H,3-4H2,1H3;. The minimum Gasteiger partial charge on any atom is -0.316 e. The number of rotatable bonds is 0. The van der Waals surface area contributed by atoms with Crippen molar-refractivity contribution >= 4 is 0 Å². The molecule has 0 fully saturated rings. The summed E-state index contributed by atoms with van der Waals surface area (Å²) in [6.07, 6.45) is -0.167. The van der Waals surface area contributed by atoms with Gasteiger partial charge < -0.3 is 11.5 Å². The smallest absolute Gasteiger partial charge is 0.0491 e. The zero-order chi connectivity index (χ0) is 3.58. The summed E-state index contributed by atoms with van der Waals surface area (Å²) in [6.45, 7) is 1.72. The largest absolute Gasteiger partial charge is 0.316 e. The van der Waals surface area contributed by atoms with Crippen molar-refractivity contribution in [1.82, 2.24) is 0 Å². The van der Waals surface area contributed by atoms with E-state index >= 15 is 0 Å². The van der Waals surface area contributed by atoms with Crippen molar-refractivity contribution in [2.45, 2.75) is 13.1 Å². The molecule has 0 amide bonds. The third kappa shape index (κ3) is 90.1. The van der Waals surface area contributed by atoms with Crippen LogP contribution < -0.4 is 11.5 Å². The summed E-state index contributed by atoms with van der Waals surface area (Å²) < 4.78 is 0. The van der Waals surface area contributed by atoms with Crippen LogP contribution in [-0.4, -0.2) is 6.17 Å². The second-order valence-corrected chi connectivity index (χ2v) is 0.859. The Morgan fingerprint density at radius 3 is 1.40 bits per heavy atom. The summed E-state index contributed by atoms with van der Waals surface area (Å²) in [5, 5.41) is 0. The third-order valence-corrected chi connectivity index (χ3v) is 0. The van der Waals surface area contributed by atoms with E-state index in [0.29, 0.717) is 0 Å². The van der Waals surface area contributed by atoms with Gasteiger partial charge in [-0.1, -0.05) is 0 Å². The fourth-order valence-corrected chi connectivity index (χ4v) is 0. The molecule has 0 aromatic rings. The Bertz CT molecular complexity index is 12.4. The van der Waals surface area contributed by atoms with E-state index in [1.165, 1.54) is 0 Å². The van der Waals surface area contributed by atoms with Crippen molar-refractivity contribution in [3.63, 3.8) is 0 Å². The average molecular weight is 167 g/mol. The molecule has 0 aromatic carbocycles. The maximum absolute atomic E-state index is 4.89. The van der Waals surface area contributed by atoms with Crippen molar-refractivity contribution in [2.24, 2.45) is 11.5 Å². The van der Waals surface area contributed by atoms with Crippen LogP contribution in [0, 0.1) is 0 Å². The first kappa shape index (κ1) is 9.13. The van der Waals surface area contributed by atoms with Gasteiger partial charge in [-0.15, -0.1) is 0 Å². The Morgan fingerprint density at radius 2 is 1.40 bits per heavy atom. The molecule has 0 aliphatic carbocycles. The Morgan fingerprint density at radius 1 is 1.40 bits per heavy atom. The molecule has 0 radical (unpaired) electrons. The second-order valence-electron chi connectivity index (χ2n) is 0.859. The van der Waals surface area contributed by atoms with Crippen molar-refractivity contribution in [3.05, 3.63) is 0 Å². The minimum absolute atomic E-state index is 0. The molecule has 0 aliphatic rings. The van der Waals surface area contributed by atoms with Gasteiger partial charge in [0.25, 0.3) is 0 Å². The van der Waals surface area contributed by atoms with E-state index < -0.39 is 0 Å². The van der Waals surface area contributed by atoms with Crippen LogP contribution in [0.4, 0.5) is 0 Å². The number of hydrogen-bond acceptors (Lipinski definition) is 2. The Kier molecular flexibility index (Phi) is 8.37. The summed E-state index contributed by atoms with van der Waals surface area (Å²) in [6, 6.07) is 0. The normalized spacial score (nSPS) is 7.20. The number of hydrogen-bond donors (Lipinski definition) is 2. The van der Waals surface area contributed by atoms with E-state index in [-0.39, 0.29) is 26.6 Å². The molecule has 0 bridgehead atoms. The molecule has 4 N–H and O–H groups in total. The zero-order valence-corrected chi connectivity index (χ0v) is 4.60. The van der Waals surface area contributed by atoms with Crippen LogP contribution in [0.1, 0.15) is 6.92 Å². The van der Waals surface area contributed by atoms with Crippen LogP contribution in [0.2, 0.25) is 0 Å². The molecule has 0 heterocycles. The quantitative estimate of drug-likeness (QED) is 0.368. The van der Waals surface area contributed by atoms with Gasteiger partial charge in [-0.05, 0) is 6.92 Å². The second kappa shape index (κ2) is 4.58. The van der Waals surface area contributed by atoms with Crippen molar-refractivity contribution in [1.29, 1.82) is 0 Å². The van der Waals surface area contributed by atoms with Gasteiger partial charge in [0, 0.05) is 26.6 Å². The SMILES string of the molecule is CC(N)N.[Pd]. The molecule has 5 heavy (non-hydrogen) atoms. The maximum atomic E-state index is 4.89. The predicted molar refractivity (Wildman–Crippen MR) is 17.8 cm³/mol. The first-order valence-corrected chi connectivity index (χ1v) is 1.24. The number of nitrogens with two attached hydrogens (primary N) is 2. The maximum Gasteiger partial charge on any atom is 0.0491 e. The van der Waals surface area contributed by atoms with Crippen molar-refractivity contribution in [3.8, 4) is 0 Å². The Labute approximate surface area is 45.6 Å². The summed E-state index contributed by atoms with van der Waals surface area (Å²) in [7, 11) is 0. The molecule has 3 heteroatoms. The molecule has 0 saturated carbocycles. The molecule has 0 atom stereocenters. The van der Waals surface area contributed by atoms with E-state index in [1.807, 2.05) is 0 Å². The van der Waals surface area contributed by atoms with Gasteiger partial charge in [-0.25, -0.2) is 0 Å². The molecule has 2 nitrogen and oxygen atoms in total. The van der Waals surface area contributed by atoms with Gasteiger partial charge in [0.15, 0.2) is 0 Å². The molecule has 36 valence electrons. The fourth-order valence-electron chi connectivity index (χ4n) is 0. The van der Waals surface area contributed by atoms with Crippen LogP contribution in [0.25, 0.3) is 0 Å². The molecule has 0 spiro atoms. The topological polar surface area (TPSA) is 52.0 Å². The first-order chi connectivity index (χ1) is 1.73. The van der Waals surface area contributed by atoms with Crippen LogP contribution in [-0.2, 0) is 20.4 Å². The van der Waals surface area contributed by atoms with Gasteiger partial charge in [0.1, 0.15) is 0 Å². The van der Waals surface area contributed by atoms with Crippen LogP contribution in [0.3, 0.4) is 0 Å². The molecular weight excluding hydrogens is 158 g/mol. The van der Waals surface area contributed by atoms with Crippen molar-refractivity contribution in [2.75, 3.05) is 0 Å². The van der Waals surface area contributed by atoms with E-state index in [4.69, 9.17) is 11.5 Å². The fraction of sp³-hybridized carbons (Fsp3) is 1.00. The summed E-state index contributed by atoms with van der Waals surface area (Å²) in [4.78, 5) is 0. The Hall–Kier alpha value is 0.582. The summed E-state index contributed by atoms with van der Waals surface area (Å²) >= 11 is 0. The molecule has 0 aliphatic heterocycles. The van der Waals surface area contributed by atoms with Crippen LogP contribution in [0.5, 0.6) is 0 Å². The van der Waals surface area contributed by atoms with E-state index in [2.05, 4.69) is 0 Å². The third-order valence-electron chi connectivity index (χ3n) is 0. The minimum atomic E-state index is -0.167.